The second-order valence-corrected chi connectivity index (χ2v) is 8.23. The van der Waals surface area contributed by atoms with Gasteiger partial charge in [0.25, 0.3) is 0 Å². The van der Waals surface area contributed by atoms with E-state index in [1.54, 1.807) is 37.3 Å². The Labute approximate surface area is 167 Å². The molecule has 0 amide bonds. The third-order valence-electron chi connectivity index (χ3n) is 4.20. The van der Waals surface area contributed by atoms with E-state index in [9.17, 15) is 13.2 Å². The molecule has 0 fully saturated rings. The van der Waals surface area contributed by atoms with E-state index in [0.717, 1.165) is 16.3 Å². The Hall–Kier alpha value is -2.62. The van der Waals surface area contributed by atoms with Crippen molar-refractivity contribution < 1.29 is 18.0 Å². The van der Waals surface area contributed by atoms with E-state index in [-0.39, 0.29) is 0 Å². The van der Waals surface area contributed by atoms with Gasteiger partial charge in [-0.15, -0.1) is 11.8 Å². The van der Waals surface area contributed by atoms with Crippen molar-refractivity contribution in [3.8, 4) is 11.8 Å². The Morgan fingerprint density at radius 3 is 2.21 bits per heavy atom. The van der Waals surface area contributed by atoms with Crippen LogP contribution in [-0.2, 0) is 21.3 Å². The predicted molar refractivity (Wildman–Crippen MR) is 110 cm³/mol. The normalized spacial score (nSPS) is 12.1. The zero-order chi connectivity index (χ0) is 20.4. The highest BCUT2D eigenvalue weighted by molar-refractivity contribution is 7.88. The summed E-state index contributed by atoms with van der Waals surface area (Å²) in [6.07, 6.45) is 3.23. The Balaban J connectivity index is 2.21. The van der Waals surface area contributed by atoms with Crippen molar-refractivity contribution in [2.45, 2.75) is 38.6 Å². The van der Waals surface area contributed by atoms with Gasteiger partial charge in [0.15, 0.2) is 0 Å². The molecule has 0 bridgehead atoms. The minimum Gasteiger partial charge on any atom is -0.348 e. The van der Waals surface area contributed by atoms with Gasteiger partial charge in [0, 0.05) is 6.42 Å². The average Bonchev–Trinajstić information content (AvgIpc) is 2.69. The molecule has 0 N–H and O–H groups in total. The Bertz CT molecular complexity index is 915. The summed E-state index contributed by atoms with van der Waals surface area (Å²) in [6, 6.07) is 17.6. The number of carbonyl (C=O) groups is 1. The molecule has 148 valence electrons. The highest BCUT2D eigenvalue weighted by Gasteiger charge is 2.31. The fraction of sp³-hybridized carbons (Fsp3) is 0.318. The maximum atomic E-state index is 12.5. The number of carbonyl (C=O) groups excluding carboxylic acids is 1. The molecule has 6 heteroatoms. The number of benzene rings is 2. The summed E-state index contributed by atoms with van der Waals surface area (Å²) >= 11 is 0. The summed E-state index contributed by atoms with van der Waals surface area (Å²) in [6.45, 7) is 1.74. The predicted octanol–water partition coefficient (Wildman–Crippen LogP) is 3.82. The first-order valence-electron chi connectivity index (χ1n) is 9.12. The largest absolute Gasteiger partial charge is 0.357 e. The molecular formula is C22H25NO4S. The second kappa shape index (κ2) is 10.6. The van der Waals surface area contributed by atoms with Crippen LogP contribution in [-0.4, -0.2) is 31.2 Å². The molecule has 0 heterocycles. The molecule has 0 aromatic heterocycles. The van der Waals surface area contributed by atoms with E-state index in [1.165, 1.54) is 0 Å². The first kappa shape index (κ1) is 21.7. The van der Waals surface area contributed by atoms with Crippen molar-refractivity contribution >= 4 is 16.0 Å². The summed E-state index contributed by atoms with van der Waals surface area (Å²) < 4.78 is 25.6. The molecule has 2 aromatic carbocycles. The van der Waals surface area contributed by atoms with Crippen LogP contribution in [0, 0.1) is 11.8 Å². The van der Waals surface area contributed by atoms with Crippen molar-refractivity contribution in [1.29, 1.82) is 0 Å². The first-order chi connectivity index (χ1) is 13.4. The molecule has 0 aliphatic heterocycles. The minimum atomic E-state index is -3.77. The molecular weight excluding hydrogens is 374 g/mol. The van der Waals surface area contributed by atoms with E-state index < -0.39 is 22.0 Å². The molecule has 1 atom stereocenters. The van der Waals surface area contributed by atoms with Crippen molar-refractivity contribution in [2.24, 2.45) is 0 Å². The Morgan fingerprint density at radius 2 is 1.64 bits per heavy atom. The van der Waals surface area contributed by atoms with E-state index in [0.29, 0.717) is 31.2 Å². The number of rotatable bonds is 9. The van der Waals surface area contributed by atoms with Gasteiger partial charge in [-0.25, -0.2) is 13.2 Å². The molecule has 28 heavy (non-hydrogen) atoms. The van der Waals surface area contributed by atoms with Gasteiger partial charge in [0.05, 0.1) is 17.9 Å². The lowest BCUT2D eigenvalue weighted by atomic mass is 10.0. The molecule has 5 nitrogen and oxygen atoms in total. The Morgan fingerprint density at radius 1 is 1.04 bits per heavy atom. The zero-order valence-electron chi connectivity index (χ0n) is 16.2. The number of aryl methyl sites for hydroxylation is 1. The van der Waals surface area contributed by atoms with Gasteiger partial charge in [-0.3, -0.25) is 0 Å². The van der Waals surface area contributed by atoms with Crippen LogP contribution in [0.4, 0.5) is 0 Å². The van der Waals surface area contributed by atoms with Crippen LogP contribution in [0.3, 0.4) is 0 Å². The van der Waals surface area contributed by atoms with Gasteiger partial charge in [-0.05, 0) is 48.4 Å². The summed E-state index contributed by atoms with van der Waals surface area (Å²) in [5.74, 6) is 5.07. The number of nitrogens with zero attached hydrogens (tertiary/aromatic N) is 1. The topological polar surface area (TPSA) is 63.7 Å². The standard InChI is InChI=1S/C22H25NO4S/c1-3-4-7-16-21(18-17-19-12-8-5-9-13-19)23(28(2,25)26)27-22(24)20-14-10-6-11-15-20/h5-6,8-15,21H,7,16-18H2,1-2H3. The van der Waals surface area contributed by atoms with Crippen LogP contribution in [0.1, 0.15) is 42.1 Å². The lowest BCUT2D eigenvalue weighted by molar-refractivity contribution is -0.0709. The summed E-state index contributed by atoms with van der Waals surface area (Å²) in [4.78, 5) is 17.8. The monoisotopic (exact) mass is 399 g/mol. The second-order valence-electron chi connectivity index (χ2n) is 6.41. The fourth-order valence-corrected chi connectivity index (χ4v) is 3.77. The Kier molecular flexibility index (Phi) is 8.24. The summed E-state index contributed by atoms with van der Waals surface area (Å²) in [7, 11) is -3.77. The summed E-state index contributed by atoms with van der Waals surface area (Å²) in [5, 5.41) is 0. The SMILES string of the molecule is CC#CCCC(CCc1ccccc1)N(OC(=O)c1ccccc1)S(C)(=O)=O. The van der Waals surface area contributed by atoms with Gasteiger partial charge in [-0.1, -0.05) is 48.5 Å². The molecule has 0 aliphatic carbocycles. The lowest BCUT2D eigenvalue weighted by Crippen LogP contribution is -2.41. The molecule has 0 saturated heterocycles. The van der Waals surface area contributed by atoms with E-state index in [1.807, 2.05) is 30.3 Å². The number of hydrogen-bond acceptors (Lipinski definition) is 4. The van der Waals surface area contributed by atoms with Crippen LogP contribution in [0.5, 0.6) is 0 Å². The van der Waals surface area contributed by atoms with E-state index in [4.69, 9.17) is 4.84 Å². The maximum absolute atomic E-state index is 12.5. The van der Waals surface area contributed by atoms with Crippen LogP contribution in [0.25, 0.3) is 0 Å². The van der Waals surface area contributed by atoms with E-state index >= 15 is 0 Å². The lowest BCUT2D eigenvalue weighted by Gasteiger charge is -2.27. The van der Waals surface area contributed by atoms with E-state index in [2.05, 4.69) is 11.8 Å². The molecule has 2 rings (SSSR count). The molecule has 0 saturated carbocycles. The molecule has 0 spiro atoms. The first-order valence-corrected chi connectivity index (χ1v) is 11.0. The maximum Gasteiger partial charge on any atom is 0.357 e. The smallest absolute Gasteiger partial charge is 0.348 e. The number of hydrogen-bond donors (Lipinski definition) is 0. The highest BCUT2D eigenvalue weighted by atomic mass is 32.2. The number of sulfonamides is 1. The highest BCUT2D eigenvalue weighted by Crippen LogP contribution is 2.20. The fourth-order valence-electron chi connectivity index (χ4n) is 2.82. The summed E-state index contributed by atoms with van der Waals surface area (Å²) in [5.41, 5.74) is 1.39. The van der Waals surface area contributed by atoms with Gasteiger partial charge < -0.3 is 4.84 Å². The van der Waals surface area contributed by atoms with Crippen molar-refractivity contribution in [3.63, 3.8) is 0 Å². The molecule has 0 radical (unpaired) electrons. The third-order valence-corrected chi connectivity index (χ3v) is 5.22. The van der Waals surface area contributed by atoms with Crippen molar-refractivity contribution in [3.05, 3.63) is 71.8 Å². The number of hydroxylamine groups is 1. The van der Waals surface area contributed by atoms with Crippen molar-refractivity contribution in [1.82, 2.24) is 4.47 Å². The third kappa shape index (κ3) is 6.84. The van der Waals surface area contributed by atoms with Crippen LogP contribution in [0.2, 0.25) is 0 Å². The van der Waals surface area contributed by atoms with Gasteiger partial charge in [0.1, 0.15) is 0 Å². The molecule has 0 aliphatic rings. The van der Waals surface area contributed by atoms with Gasteiger partial charge >= 0.3 is 5.97 Å². The van der Waals surface area contributed by atoms with Crippen LogP contribution in [0.15, 0.2) is 60.7 Å². The zero-order valence-corrected chi connectivity index (χ0v) is 17.0. The van der Waals surface area contributed by atoms with Crippen LogP contribution < -0.4 is 0 Å². The minimum absolute atomic E-state index is 0.298. The van der Waals surface area contributed by atoms with Crippen molar-refractivity contribution in [2.75, 3.05) is 6.26 Å². The van der Waals surface area contributed by atoms with Crippen LogP contribution >= 0.6 is 0 Å². The average molecular weight is 400 g/mol. The van der Waals surface area contributed by atoms with Gasteiger partial charge in [-0.2, -0.15) is 0 Å². The molecule has 1 unspecified atom stereocenters. The molecule has 2 aromatic rings. The van der Waals surface area contributed by atoms with Gasteiger partial charge in [0.2, 0.25) is 10.0 Å². The quantitative estimate of drug-likeness (QED) is 0.475.